The van der Waals surface area contributed by atoms with E-state index in [1.165, 1.54) is 15.3 Å². The van der Waals surface area contributed by atoms with Crippen LogP contribution in [0.25, 0.3) is 16.5 Å². The van der Waals surface area contributed by atoms with Gasteiger partial charge in [0.2, 0.25) is 0 Å². The molecule has 0 atom stereocenters. The molecule has 17 heavy (non-hydrogen) atoms. The molecule has 0 amide bonds. The van der Waals surface area contributed by atoms with E-state index in [4.69, 9.17) is 5.11 Å². The van der Waals surface area contributed by atoms with E-state index in [2.05, 4.69) is 40.2 Å². The predicted molar refractivity (Wildman–Crippen MR) is 78.2 cm³/mol. The summed E-state index contributed by atoms with van der Waals surface area (Å²) in [5.41, 5.74) is 2.19. The van der Waals surface area contributed by atoms with Crippen molar-refractivity contribution in [1.29, 1.82) is 0 Å². The zero-order valence-electron chi connectivity index (χ0n) is 9.48. The lowest BCUT2D eigenvalue weighted by Crippen LogP contribution is -1.81. The number of benzene rings is 1. The number of hydrogen-bond acceptors (Lipinski definition) is 2. The van der Waals surface area contributed by atoms with Crippen LogP contribution in [0.3, 0.4) is 0 Å². The summed E-state index contributed by atoms with van der Waals surface area (Å²) in [7, 11) is 0. The Kier molecular flexibility index (Phi) is 4.15. The summed E-state index contributed by atoms with van der Waals surface area (Å²) >= 11 is 5.21. The molecule has 0 fully saturated rings. The Hall–Kier alpha value is -0.900. The van der Waals surface area contributed by atoms with E-state index in [9.17, 15) is 0 Å². The fourth-order valence-electron chi connectivity index (χ4n) is 1.52. The molecule has 0 unspecified atom stereocenters. The number of aliphatic hydroxyl groups is 1. The van der Waals surface area contributed by atoms with Gasteiger partial charge in [0.05, 0.1) is 6.61 Å². The Morgan fingerprint density at radius 3 is 2.88 bits per heavy atom. The Morgan fingerprint density at radius 2 is 2.18 bits per heavy atom. The molecule has 0 aliphatic carbocycles. The van der Waals surface area contributed by atoms with Crippen LogP contribution in [-0.4, -0.2) is 11.7 Å². The highest BCUT2D eigenvalue weighted by atomic mass is 79.9. The number of halogens is 1. The van der Waals surface area contributed by atoms with Crippen LogP contribution < -0.4 is 0 Å². The summed E-state index contributed by atoms with van der Waals surface area (Å²) in [4.78, 5) is 2.41. The first-order valence-electron chi connectivity index (χ1n) is 5.33. The monoisotopic (exact) mass is 308 g/mol. The molecule has 3 heteroatoms. The fourth-order valence-corrected chi connectivity index (χ4v) is 2.95. The van der Waals surface area contributed by atoms with Gasteiger partial charge in [-0.05, 0) is 48.4 Å². The fraction of sp³-hybridized carbons (Fsp3) is 0.143. The molecule has 0 aliphatic heterocycles. The molecule has 1 aromatic heterocycles. The summed E-state index contributed by atoms with van der Waals surface area (Å²) in [6.07, 6.45) is 2.02. The van der Waals surface area contributed by atoms with Crippen molar-refractivity contribution in [1.82, 2.24) is 0 Å². The second-order valence-corrected chi connectivity index (χ2v) is 5.89. The molecule has 1 nitrogen and oxygen atoms in total. The first kappa shape index (κ1) is 12.6. The van der Waals surface area contributed by atoms with Crippen molar-refractivity contribution in [2.24, 2.45) is 0 Å². The van der Waals surface area contributed by atoms with Crippen molar-refractivity contribution in [3.63, 3.8) is 0 Å². The smallest absolute Gasteiger partial charge is 0.0642 e. The molecule has 1 aromatic carbocycles. The van der Waals surface area contributed by atoms with Gasteiger partial charge < -0.3 is 5.11 Å². The minimum absolute atomic E-state index is 0.115. The summed E-state index contributed by atoms with van der Waals surface area (Å²) < 4.78 is 1.09. The molecule has 0 radical (unpaired) electrons. The molecule has 0 spiro atoms. The second-order valence-electron chi connectivity index (χ2n) is 3.86. The van der Waals surface area contributed by atoms with Crippen LogP contribution in [0.2, 0.25) is 0 Å². The van der Waals surface area contributed by atoms with Crippen LogP contribution in [0.5, 0.6) is 0 Å². The van der Waals surface area contributed by atoms with Gasteiger partial charge in [-0.25, -0.2) is 0 Å². The zero-order valence-corrected chi connectivity index (χ0v) is 11.9. The molecule has 2 aromatic rings. The van der Waals surface area contributed by atoms with Gasteiger partial charge in [-0.2, -0.15) is 0 Å². The first-order chi connectivity index (χ1) is 8.19. The lowest BCUT2D eigenvalue weighted by molar-refractivity contribution is 0.332. The van der Waals surface area contributed by atoms with Gasteiger partial charge in [-0.1, -0.05) is 28.1 Å². The topological polar surface area (TPSA) is 20.2 Å². The average molecular weight is 309 g/mol. The number of hydrogen-bond donors (Lipinski definition) is 1. The minimum atomic E-state index is 0.115. The normalized spacial score (nSPS) is 11.8. The van der Waals surface area contributed by atoms with Gasteiger partial charge in [0.25, 0.3) is 0 Å². The highest BCUT2D eigenvalue weighted by Crippen LogP contribution is 2.30. The summed E-state index contributed by atoms with van der Waals surface area (Å²) in [5.74, 6) is 0. The predicted octanol–water partition coefficient (Wildman–Crippen LogP) is 4.57. The molecular weight excluding hydrogens is 296 g/mol. The van der Waals surface area contributed by atoms with E-state index >= 15 is 0 Å². The van der Waals surface area contributed by atoms with Crippen molar-refractivity contribution in [3.05, 3.63) is 51.3 Å². The SMILES string of the molecule is CC(=Cc1ccc(-c2cccc(Br)c2)s1)CO. The third kappa shape index (κ3) is 3.28. The van der Waals surface area contributed by atoms with Crippen LogP contribution in [0.15, 0.2) is 46.4 Å². The van der Waals surface area contributed by atoms with Crippen molar-refractivity contribution in [2.75, 3.05) is 6.61 Å². The largest absolute Gasteiger partial charge is 0.392 e. The molecule has 2 rings (SSSR count). The first-order valence-corrected chi connectivity index (χ1v) is 6.94. The van der Waals surface area contributed by atoms with Gasteiger partial charge >= 0.3 is 0 Å². The molecule has 0 bridgehead atoms. The highest BCUT2D eigenvalue weighted by Gasteiger charge is 2.02. The van der Waals surface area contributed by atoms with E-state index in [0.717, 1.165) is 10.0 Å². The molecular formula is C14H13BrOS. The molecule has 88 valence electrons. The van der Waals surface area contributed by atoms with Gasteiger partial charge in [-0.3, -0.25) is 0 Å². The van der Waals surface area contributed by atoms with Crippen molar-refractivity contribution >= 4 is 33.3 Å². The Balaban J connectivity index is 2.30. The van der Waals surface area contributed by atoms with Crippen LogP contribution in [0.4, 0.5) is 0 Å². The third-order valence-electron chi connectivity index (χ3n) is 2.37. The maximum absolute atomic E-state index is 8.99. The van der Waals surface area contributed by atoms with Gasteiger partial charge in [0.1, 0.15) is 0 Å². The van der Waals surface area contributed by atoms with Crippen LogP contribution in [-0.2, 0) is 0 Å². The Labute approximate surface area is 114 Å². The molecule has 0 saturated heterocycles. The van der Waals surface area contributed by atoms with Crippen molar-refractivity contribution < 1.29 is 5.11 Å². The average Bonchev–Trinajstić information content (AvgIpc) is 2.77. The number of rotatable bonds is 3. The second kappa shape index (κ2) is 5.63. The molecule has 1 N–H and O–H groups in total. The Morgan fingerprint density at radius 1 is 1.35 bits per heavy atom. The molecule has 0 aliphatic rings. The van der Waals surface area contributed by atoms with Crippen molar-refractivity contribution in [2.45, 2.75) is 6.92 Å². The van der Waals surface area contributed by atoms with Gasteiger partial charge in [0, 0.05) is 14.2 Å². The maximum Gasteiger partial charge on any atom is 0.0642 e. The zero-order chi connectivity index (χ0) is 12.3. The lowest BCUT2D eigenvalue weighted by atomic mass is 10.2. The van der Waals surface area contributed by atoms with E-state index in [1.54, 1.807) is 11.3 Å². The standard InChI is InChI=1S/C14H13BrOS/c1-10(9-16)7-13-5-6-14(17-13)11-3-2-4-12(15)8-11/h2-8,16H,9H2,1H3. The highest BCUT2D eigenvalue weighted by molar-refractivity contribution is 9.10. The van der Waals surface area contributed by atoms with Crippen LogP contribution in [0.1, 0.15) is 11.8 Å². The lowest BCUT2D eigenvalue weighted by Gasteiger charge is -1.97. The van der Waals surface area contributed by atoms with E-state index < -0.39 is 0 Å². The van der Waals surface area contributed by atoms with E-state index in [0.29, 0.717) is 0 Å². The van der Waals surface area contributed by atoms with E-state index in [-0.39, 0.29) is 6.61 Å². The Bertz CT molecular complexity index is 543. The summed E-state index contributed by atoms with van der Waals surface area (Å²) in [6.45, 7) is 2.04. The van der Waals surface area contributed by atoms with Gasteiger partial charge in [0.15, 0.2) is 0 Å². The quantitative estimate of drug-likeness (QED) is 0.880. The van der Waals surface area contributed by atoms with Gasteiger partial charge in [-0.15, -0.1) is 11.3 Å². The summed E-state index contributed by atoms with van der Waals surface area (Å²) in [5, 5.41) is 8.99. The third-order valence-corrected chi connectivity index (χ3v) is 3.95. The van der Waals surface area contributed by atoms with E-state index in [1.807, 2.05) is 25.1 Å². The van der Waals surface area contributed by atoms with Crippen LogP contribution >= 0.6 is 27.3 Å². The van der Waals surface area contributed by atoms with Crippen molar-refractivity contribution in [3.8, 4) is 10.4 Å². The molecule has 0 saturated carbocycles. The van der Waals surface area contributed by atoms with Crippen LogP contribution in [0, 0.1) is 0 Å². The molecule has 1 heterocycles. The summed E-state index contributed by atoms with van der Waals surface area (Å²) in [6, 6.07) is 12.5. The number of aliphatic hydroxyl groups excluding tert-OH is 1. The maximum atomic E-state index is 8.99. The minimum Gasteiger partial charge on any atom is -0.392 e. The number of thiophene rings is 1.